The molecule has 0 aliphatic heterocycles. The van der Waals surface area contributed by atoms with Gasteiger partial charge >= 0.3 is 0 Å². The number of hydrogen-bond donors (Lipinski definition) is 0. The smallest absolute Gasteiger partial charge is 0.175 e. The van der Waals surface area contributed by atoms with Crippen LogP contribution in [0.15, 0.2) is 33.2 Å². The second-order valence-electron chi connectivity index (χ2n) is 3.31. The van der Waals surface area contributed by atoms with Gasteiger partial charge in [-0.2, -0.15) is 0 Å². The molecular formula is C11H13N3S3. The van der Waals surface area contributed by atoms with Crippen LogP contribution in [0.4, 0.5) is 0 Å². The highest BCUT2D eigenvalue weighted by atomic mass is 32.2. The maximum atomic E-state index is 4.20. The van der Waals surface area contributed by atoms with Gasteiger partial charge in [0.25, 0.3) is 0 Å². The van der Waals surface area contributed by atoms with Crippen LogP contribution in [0.2, 0.25) is 0 Å². The molecule has 0 fully saturated rings. The zero-order chi connectivity index (χ0) is 12.1. The summed E-state index contributed by atoms with van der Waals surface area (Å²) >= 11 is 5.16. The maximum absolute atomic E-state index is 4.20. The van der Waals surface area contributed by atoms with Crippen LogP contribution in [0.3, 0.4) is 0 Å². The highest BCUT2D eigenvalue weighted by Crippen LogP contribution is 2.37. The Morgan fingerprint density at radius 3 is 2.65 bits per heavy atom. The molecule has 2 rings (SSSR count). The summed E-state index contributed by atoms with van der Waals surface area (Å²) in [6, 6.07) is 4.08. The van der Waals surface area contributed by atoms with E-state index in [1.54, 1.807) is 34.9 Å². The Bertz CT molecular complexity index is 458. The Morgan fingerprint density at radius 1 is 1.24 bits per heavy atom. The van der Waals surface area contributed by atoms with Gasteiger partial charge in [0.05, 0.1) is 0 Å². The van der Waals surface area contributed by atoms with Gasteiger partial charge in [-0.05, 0) is 30.4 Å². The van der Waals surface area contributed by atoms with Gasteiger partial charge in [0.1, 0.15) is 0 Å². The fourth-order valence-electron chi connectivity index (χ4n) is 1.28. The van der Waals surface area contributed by atoms with Crippen LogP contribution < -0.4 is 0 Å². The molecule has 1 atom stereocenters. The monoisotopic (exact) mass is 283 g/mol. The molecule has 0 aliphatic carbocycles. The molecule has 0 spiro atoms. The second kappa shape index (κ2) is 6.37. The zero-order valence-corrected chi connectivity index (χ0v) is 12.1. The summed E-state index contributed by atoms with van der Waals surface area (Å²) in [4.78, 5) is 4.03. The predicted molar refractivity (Wildman–Crippen MR) is 74.8 cm³/mol. The molecule has 0 radical (unpaired) electrons. The van der Waals surface area contributed by atoms with E-state index in [9.17, 15) is 0 Å². The van der Waals surface area contributed by atoms with E-state index in [2.05, 4.69) is 29.0 Å². The van der Waals surface area contributed by atoms with Gasteiger partial charge in [-0.3, -0.25) is 4.98 Å². The third-order valence-corrected chi connectivity index (χ3v) is 5.29. The van der Waals surface area contributed by atoms with Gasteiger partial charge in [0.15, 0.2) is 8.68 Å². The Labute approximate surface area is 113 Å². The number of hydrogen-bond acceptors (Lipinski definition) is 6. The van der Waals surface area contributed by atoms with Crippen molar-refractivity contribution in [1.82, 2.24) is 15.2 Å². The van der Waals surface area contributed by atoms with Crippen molar-refractivity contribution in [1.29, 1.82) is 0 Å². The molecule has 0 saturated heterocycles. The van der Waals surface area contributed by atoms with E-state index in [0.717, 1.165) is 14.4 Å². The average molecular weight is 283 g/mol. The Morgan fingerprint density at radius 2 is 1.94 bits per heavy atom. The number of nitrogens with zero attached hydrogens (tertiary/aromatic N) is 3. The Hall–Kier alpha value is -0.590. The second-order valence-corrected chi connectivity index (χ2v) is 7.38. The number of thioether (sulfide) groups is 2. The lowest BCUT2D eigenvalue weighted by Crippen LogP contribution is -1.87. The van der Waals surface area contributed by atoms with Gasteiger partial charge < -0.3 is 0 Å². The fourth-order valence-corrected chi connectivity index (χ4v) is 4.47. The minimum absolute atomic E-state index is 0.380. The molecule has 0 saturated carbocycles. The standard InChI is InChI=1S/C11H13N3S3/c1-3-15-10-13-14-11(17-10)16-8(2)9-4-6-12-7-5-9/h4-8H,3H2,1-2H3/t8-/m0/s1. The Balaban J connectivity index is 2.00. The van der Waals surface area contributed by atoms with Gasteiger partial charge in [-0.25, -0.2) is 0 Å². The third kappa shape index (κ3) is 3.69. The molecule has 0 aliphatic rings. The zero-order valence-electron chi connectivity index (χ0n) is 9.66. The van der Waals surface area contributed by atoms with E-state index in [1.165, 1.54) is 5.56 Å². The van der Waals surface area contributed by atoms with Crippen molar-refractivity contribution in [3.8, 4) is 0 Å². The van der Waals surface area contributed by atoms with Crippen molar-refractivity contribution in [2.24, 2.45) is 0 Å². The largest absolute Gasteiger partial charge is 0.265 e. The minimum Gasteiger partial charge on any atom is -0.265 e. The van der Waals surface area contributed by atoms with Gasteiger partial charge in [0, 0.05) is 17.6 Å². The van der Waals surface area contributed by atoms with Crippen LogP contribution >= 0.6 is 34.9 Å². The summed E-state index contributed by atoms with van der Waals surface area (Å²) in [6.07, 6.45) is 3.65. The van der Waals surface area contributed by atoms with Crippen molar-refractivity contribution in [2.45, 2.75) is 27.8 Å². The highest BCUT2D eigenvalue weighted by molar-refractivity contribution is 8.03. The first-order valence-corrected chi connectivity index (χ1v) is 8.00. The maximum Gasteiger partial charge on any atom is 0.175 e. The lowest BCUT2D eigenvalue weighted by atomic mass is 10.2. The van der Waals surface area contributed by atoms with Crippen molar-refractivity contribution in [3.63, 3.8) is 0 Å². The summed E-state index contributed by atoms with van der Waals surface area (Å²) in [6.45, 7) is 4.30. The summed E-state index contributed by atoms with van der Waals surface area (Å²) < 4.78 is 2.09. The normalized spacial score (nSPS) is 12.6. The van der Waals surface area contributed by atoms with E-state index < -0.39 is 0 Å². The molecule has 2 aromatic heterocycles. The molecule has 90 valence electrons. The molecule has 0 amide bonds. The van der Waals surface area contributed by atoms with Crippen LogP contribution in [0.1, 0.15) is 24.7 Å². The summed E-state index contributed by atoms with van der Waals surface area (Å²) in [5, 5.41) is 8.73. The molecule has 2 heterocycles. The first-order valence-electron chi connectivity index (χ1n) is 5.32. The average Bonchev–Trinajstić information content (AvgIpc) is 2.78. The molecule has 0 aromatic carbocycles. The Kier molecular flexibility index (Phi) is 4.82. The topological polar surface area (TPSA) is 38.7 Å². The predicted octanol–water partition coefficient (Wildman–Crippen LogP) is 3.90. The van der Waals surface area contributed by atoms with Gasteiger partial charge in [0.2, 0.25) is 0 Å². The van der Waals surface area contributed by atoms with Crippen molar-refractivity contribution >= 4 is 34.9 Å². The van der Waals surface area contributed by atoms with Gasteiger partial charge in [-0.15, -0.1) is 10.2 Å². The quantitative estimate of drug-likeness (QED) is 0.778. The molecule has 0 bridgehead atoms. The van der Waals surface area contributed by atoms with Crippen LogP contribution in [-0.4, -0.2) is 20.9 Å². The first-order chi connectivity index (χ1) is 8.29. The minimum atomic E-state index is 0.380. The third-order valence-electron chi connectivity index (χ3n) is 2.11. The lowest BCUT2D eigenvalue weighted by molar-refractivity contribution is 0.949. The van der Waals surface area contributed by atoms with Crippen molar-refractivity contribution in [2.75, 3.05) is 5.75 Å². The number of pyridine rings is 1. The molecule has 6 heteroatoms. The highest BCUT2D eigenvalue weighted by Gasteiger charge is 2.11. The van der Waals surface area contributed by atoms with E-state index >= 15 is 0 Å². The first kappa shape index (κ1) is 12.9. The molecule has 3 nitrogen and oxygen atoms in total. The van der Waals surface area contributed by atoms with Gasteiger partial charge in [-0.1, -0.05) is 41.8 Å². The molecule has 0 unspecified atom stereocenters. The number of aromatic nitrogens is 3. The van der Waals surface area contributed by atoms with Crippen LogP contribution in [0.25, 0.3) is 0 Å². The van der Waals surface area contributed by atoms with Crippen molar-refractivity contribution in [3.05, 3.63) is 30.1 Å². The van der Waals surface area contributed by atoms with Crippen LogP contribution in [-0.2, 0) is 0 Å². The molecule has 2 aromatic rings. The fraction of sp³-hybridized carbons (Fsp3) is 0.364. The van der Waals surface area contributed by atoms with E-state index in [1.807, 2.05) is 24.5 Å². The summed E-state index contributed by atoms with van der Waals surface area (Å²) in [5.41, 5.74) is 1.27. The van der Waals surface area contributed by atoms with Crippen LogP contribution in [0, 0.1) is 0 Å². The SMILES string of the molecule is CCSc1nnc(S[C@@H](C)c2ccncc2)s1. The lowest BCUT2D eigenvalue weighted by Gasteiger charge is -2.07. The van der Waals surface area contributed by atoms with E-state index in [4.69, 9.17) is 0 Å². The van der Waals surface area contributed by atoms with Crippen LogP contribution in [0.5, 0.6) is 0 Å². The summed E-state index contributed by atoms with van der Waals surface area (Å²) in [5.74, 6) is 1.04. The molecule has 0 N–H and O–H groups in total. The summed E-state index contributed by atoms with van der Waals surface area (Å²) in [7, 11) is 0. The van der Waals surface area contributed by atoms with E-state index in [-0.39, 0.29) is 0 Å². The molecule has 17 heavy (non-hydrogen) atoms. The number of rotatable bonds is 5. The molecular weight excluding hydrogens is 270 g/mol. The van der Waals surface area contributed by atoms with E-state index in [0.29, 0.717) is 5.25 Å². The van der Waals surface area contributed by atoms with Crippen molar-refractivity contribution < 1.29 is 0 Å².